The van der Waals surface area contributed by atoms with Crippen molar-refractivity contribution in [2.45, 2.75) is 13.5 Å². The lowest BCUT2D eigenvalue weighted by atomic mass is 10.1. The Bertz CT molecular complexity index is 1260. The number of nitrogens with one attached hydrogen (secondary N) is 1. The van der Waals surface area contributed by atoms with Gasteiger partial charge in [0.15, 0.2) is 11.6 Å². The molecule has 7 heteroatoms. The van der Waals surface area contributed by atoms with Gasteiger partial charge in [-0.15, -0.1) is 0 Å². The number of phenols is 1. The normalized spacial score (nSPS) is 11.0. The molecule has 0 aliphatic heterocycles. The van der Waals surface area contributed by atoms with Gasteiger partial charge in [-0.25, -0.2) is 4.98 Å². The second-order valence-electron chi connectivity index (χ2n) is 6.80. The third-order valence-corrected chi connectivity index (χ3v) is 4.78. The molecule has 2 heterocycles. The molecule has 0 fully saturated rings. The van der Waals surface area contributed by atoms with Gasteiger partial charge >= 0.3 is 0 Å². The predicted octanol–water partition coefficient (Wildman–Crippen LogP) is 3.14. The van der Waals surface area contributed by atoms with Crippen LogP contribution in [0.3, 0.4) is 0 Å². The number of benzene rings is 2. The summed E-state index contributed by atoms with van der Waals surface area (Å²) in [6.07, 6.45) is 1.49. The van der Waals surface area contributed by atoms with Crippen molar-refractivity contribution < 1.29 is 14.3 Å². The molecule has 0 atom stereocenters. The molecule has 29 heavy (non-hydrogen) atoms. The fourth-order valence-electron chi connectivity index (χ4n) is 3.13. The first-order valence-electron chi connectivity index (χ1n) is 9.06. The highest BCUT2D eigenvalue weighted by Gasteiger charge is 2.20. The zero-order valence-corrected chi connectivity index (χ0v) is 16.0. The molecule has 2 aromatic carbocycles. The van der Waals surface area contributed by atoms with E-state index in [9.17, 15) is 14.7 Å². The molecule has 0 bridgehead atoms. The standard InChI is InChI=1S/C22H19N3O4/c1-13-5-7-14(8-6-13)12-23-21(27)15-9-10-16-18(19(15)26)22(28)25(2)20(24-16)17-4-3-11-29-17/h3-11,26H,12H2,1-2H3,(H,23,27). The van der Waals surface area contributed by atoms with E-state index in [4.69, 9.17) is 4.42 Å². The van der Waals surface area contributed by atoms with Gasteiger partial charge in [-0.3, -0.25) is 14.2 Å². The maximum atomic E-state index is 12.8. The molecule has 0 aliphatic carbocycles. The molecule has 4 aromatic rings. The Labute approximate surface area is 166 Å². The Hall–Kier alpha value is -3.87. The Morgan fingerprint density at radius 2 is 1.93 bits per heavy atom. The van der Waals surface area contributed by atoms with Gasteiger partial charge in [0.2, 0.25) is 0 Å². The van der Waals surface area contributed by atoms with E-state index in [0.717, 1.165) is 11.1 Å². The fourth-order valence-corrected chi connectivity index (χ4v) is 3.13. The van der Waals surface area contributed by atoms with Crippen LogP contribution in [-0.4, -0.2) is 20.6 Å². The average molecular weight is 389 g/mol. The van der Waals surface area contributed by atoms with Crippen molar-refractivity contribution in [1.29, 1.82) is 0 Å². The van der Waals surface area contributed by atoms with Crippen LogP contribution >= 0.6 is 0 Å². The highest BCUT2D eigenvalue weighted by atomic mass is 16.3. The largest absolute Gasteiger partial charge is 0.506 e. The van der Waals surface area contributed by atoms with Crippen LogP contribution in [0.1, 0.15) is 21.5 Å². The van der Waals surface area contributed by atoms with E-state index in [0.29, 0.717) is 18.1 Å². The number of phenolic OH excluding ortho intramolecular Hbond substituents is 1. The van der Waals surface area contributed by atoms with Gasteiger partial charge < -0.3 is 14.8 Å². The number of furan rings is 1. The summed E-state index contributed by atoms with van der Waals surface area (Å²) >= 11 is 0. The lowest BCUT2D eigenvalue weighted by Gasteiger charge is -2.11. The smallest absolute Gasteiger partial charge is 0.265 e. The molecule has 0 saturated heterocycles. The van der Waals surface area contributed by atoms with Crippen molar-refractivity contribution >= 4 is 16.8 Å². The minimum absolute atomic E-state index is 0.00853. The molecule has 0 aliphatic rings. The molecule has 146 valence electrons. The average Bonchev–Trinajstić information content (AvgIpc) is 3.24. The maximum absolute atomic E-state index is 12.8. The number of amides is 1. The van der Waals surface area contributed by atoms with Crippen molar-refractivity contribution in [2.75, 3.05) is 0 Å². The second kappa shape index (κ2) is 7.27. The molecule has 2 aromatic heterocycles. The van der Waals surface area contributed by atoms with E-state index in [1.54, 1.807) is 18.2 Å². The molecular formula is C22H19N3O4. The quantitative estimate of drug-likeness (QED) is 0.559. The van der Waals surface area contributed by atoms with Crippen LogP contribution in [0.15, 0.2) is 64.0 Å². The third kappa shape index (κ3) is 3.38. The zero-order valence-electron chi connectivity index (χ0n) is 16.0. The first-order chi connectivity index (χ1) is 14.0. The number of aromatic hydroxyl groups is 1. The number of carbonyl (C=O) groups excluding carboxylic acids is 1. The highest BCUT2D eigenvalue weighted by molar-refractivity contribution is 6.02. The SMILES string of the molecule is Cc1ccc(CNC(=O)c2ccc3nc(-c4ccco4)n(C)c(=O)c3c2O)cc1. The minimum atomic E-state index is -0.470. The molecule has 0 radical (unpaired) electrons. The summed E-state index contributed by atoms with van der Waals surface area (Å²) in [7, 11) is 1.54. The van der Waals surface area contributed by atoms with Gasteiger partial charge in [0.1, 0.15) is 11.1 Å². The number of aromatic nitrogens is 2. The van der Waals surface area contributed by atoms with Crippen molar-refractivity contribution in [3.63, 3.8) is 0 Å². The highest BCUT2D eigenvalue weighted by Crippen LogP contribution is 2.27. The van der Waals surface area contributed by atoms with Crippen LogP contribution in [0.5, 0.6) is 5.75 Å². The van der Waals surface area contributed by atoms with Crippen LogP contribution in [0.4, 0.5) is 0 Å². The molecule has 2 N–H and O–H groups in total. The van der Waals surface area contributed by atoms with Crippen LogP contribution in [0, 0.1) is 6.92 Å². The van der Waals surface area contributed by atoms with Crippen LogP contribution < -0.4 is 10.9 Å². The van der Waals surface area contributed by atoms with E-state index >= 15 is 0 Å². The summed E-state index contributed by atoms with van der Waals surface area (Å²) < 4.78 is 6.62. The van der Waals surface area contributed by atoms with E-state index in [1.807, 2.05) is 31.2 Å². The molecule has 4 rings (SSSR count). The fraction of sp³-hybridized carbons (Fsp3) is 0.136. The topological polar surface area (TPSA) is 97.4 Å². The Morgan fingerprint density at radius 3 is 2.62 bits per heavy atom. The third-order valence-electron chi connectivity index (χ3n) is 4.78. The van der Waals surface area contributed by atoms with Crippen molar-refractivity contribution in [1.82, 2.24) is 14.9 Å². The summed E-state index contributed by atoms with van der Waals surface area (Å²) in [6.45, 7) is 2.30. The van der Waals surface area contributed by atoms with E-state index < -0.39 is 11.5 Å². The molecule has 7 nitrogen and oxygen atoms in total. The molecule has 1 amide bonds. The number of hydrogen-bond acceptors (Lipinski definition) is 5. The Morgan fingerprint density at radius 1 is 1.17 bits per heavy atom. The lowest BCUT2D eigenvalue weighted by molar-refractivity contribution is 0.0948. The summed E-state index contributed by atoms with van der Waals surface area (Å²) in [4.78, 5) is 29.8. The van der Waals surface area contributed by atoms with Gasteiger partial charge in [-0.2, -0.15) is 0 Å². The Kier molecular flexibility index (Phi) is 4.64. The van der Waals surface area contributed by atoms with E-state index in [1.165, 1.54) is 23.9 Å². The van der Waals surface area contributed by atoms with Crippen LogP contribution in [-0.2, 0) is 13.6 Å². The molecule has 0 unspecified atom stereocenters. The molecule has 0 spiro atoms. The van der Waals surface area contributed by atoms with Crippen LogP contribution in [0.25, 0.3) is 22.5 Å². The monoisotopic (exact) mass is 389 g/mol. The maximum Gasteiger partial charge on any atom is 0.265 e. The number of aryl methyl sites for hydroxylation is 1. The number of rotatable bonds is 4. The Balaban J connectivity index is 1.69. The number of nitrogens with zero attached hydrogens (tertiary/aromatic N) is 2. The minimum Gasteiger partial charge on any atom is -0.506 e. The summed E-state index contributed by atoms with van der Waals surface area (Å²) in [6, 6.07) is 14.2. The summed E-state index contributed by atoms with van der Waals surface area (Å²) in [5.41, 5.74) is 1.91. The van der Waals surface area contributed by atoms with Crippen molar-refractivity contribution in [3.05, 3.63) is 81.8 Å². The molecule has 0 saturated carbocycles. The first-order valence-corrected chi connectivity index (χ1v) is 9.06. The summed E-state index contributed by atoms with van der Waals surface area (Å²) in [5.74, 6) is -0.0838. The number of fused-ring (bicyclic) bond motifs is 1. The molecular weight excluding hydrogens is 370 g/mol. The van der Waals surface area contributed by atoms with Crippen molar-refractivity contribution in [3.8, 4) is 17.3 Å². The zero-order chi connectivity index (χ0) is 20.5. The lowest BCUT2D eigenvalue weighted by Crippen LogP contribution is -2.24. The first kappa shape index (κ1) is 18.5. The van der Waals surface area contributed by atoms with Gasteiger partial charge in [-0.1, -0.05) is 29.8 Å². The van der Waals surface area contributed by atoms with Gasteiger partial charge in [-0.05, 0) is 36.8 Å². The van der Waals surface area contributed by atoms with Gasteiger partial charge in [0, 0.05) is 13.6 Å². The van der Waals surface area contributed by atoms with Gasteiger partial charge in [0.25, 0.3) is 11.5 Å². The predicted molar refractivity (Wildman–Crippen MR) is 109 cm³/mol. The summed E-state index contributed by atoms with van der Waals surface area (Å²) in [5, 5.41) is 13.4. The van der Waals surface area contributed by atoms with Crippen molar-refractivity contribution in [2.24, 2.45) is 7.05 Å². The van der Waals surface area contributed by atoms with Crippen LogP contribution in [0.2, 0.25) is 0 Å². The van der Waals surface area contributed by atoms with E-state index in [2.05, 4.69) is 10.3 Å². The van der Waals surface area contributed by atoms with Gasteiger partial charge in [0.05, 0.1) is 17.3 Å². The second-order valence-corrected chi connectivity index (χ2v) is 6.80. The van der Waals surface area contributed by atoms with E-state index in [-0.39, 0.29) is 22.2 Å². The number of carbonyl (C=O) groups is 1. The number of hydrogen-bond donors (Lipinski definition) is 2.